The second kappa shape index (κ2) is 6.35. The zero-order chi connectivity index (χ0) is 15.6. The highest BCUT2D eigenvalue weighted by Crippen LogP contribution is 2.31. The van der Waals surface area contributed by atoms with Crippen molar-refractivity contribution in [2.45, 2.75) is 44.0 Å². The van der Waals surface area contributed by atoms with Crippen molar-refractivity contribution in [1.29, 1.82) is 5.26 Å². The molecular formula is C15H19ClN2O2S. The van der Waals surface area contributed by atoms with Crippen LogP contribution in [0, 0.1) is 23.2 Å². The molecule has 6 heteroatoms. The van der Waals surface area contributed by atoms with Crippen molar-refractivity contribution in [3.63, 3.8) is 0 Å². The molecule has 1 aliphatic carbocycles. The number of nitrogens with zero attached hydrogens (tertiary/aromatic N) is 1. The van der Waals surface area contributed by atoms with E-state index in [0.717, 1.165) is 19.3 Å². The Morgan fingerprint density at radius 1 is 1.33 bits per heavy atom. The topological polar surface area (TPSA) is 70.0 Å². The third-order valence-corrected chi connectivity index (χ3v) is 6.33. The maximum absolute atomic E-state index is 12.5. The highest BCUT2D eigenvalue weighted by molar-refractivity contribution is 7.89. The van der Waals surface area contributed by atoms with E-state index in [1.807, 2.05) is 6.07 Å². The predicted octanol–water partition coefficient (Wildman–Crippen LogP) is 3.31. The van der Waals surface area contributed by atoms with Crippen LogP contribution in [-0.2, 0) is 10.0 Å². The fourth-order valence-electron chi connectivity index (χ4n) is 2.79. The van der Waals surface area contributed by atoms with Gasteiger partial charge in [0.2, 0.25) is 10.0 Å². The van der Waals surface area contributed by atoms with Crippen molar-refractivity contribution >= 4 is 21.6 Å². The summed E-state index contributed by atoms with van der Waals surface area (Å²) < 4.78 is 27.8. The van der Waals surface area contributed by atoms with Crippen LogP contribution in [0.3, 0.4) is 0 Å². The van der Waals surface area contributed by atoms with Crippen molar-refractivity contribution in [2.75, 3.05) is 0 Å². The van der Waals surface area contributed by atoms with E-state index in [-0.39, 0.29) is 27.4 Å². The molecule has 0 saturated heterocycles. The highest BCUT2D eigenvalue weighted by Gasteiger charge is 2.31. The lowest BCUT2D eigenvalue weighted by molar-refractivity contribution is 0.227. The van der Waals surface area contributed by atoms with E-state index in [9.17, 15) is 8.42 Å². The molecule has 1 saturated carbocycles. The van der Waals surface area contributed by atoms with Gasteiger partial charge in [0, 0.05) is 6.04 Å². The fourth-order valence-corrected chi connectivity index (χ4v) is 4.68. The number of nitrogens with one attached hydrogen (secondary N) is 1. The quantitative estimate of drug-likeness (QED) is 0.926. The molecule has 114 valence electrons. The van der Waals surface area contributed by atoms with Crippen molar-refractivity contribution in [3.8, 4) is 6.07 Å². The van der Waals surface area contributed by atoms with Crippen LogP contribution in [0.15, 0.2) is 23.1 Å². The van der Waals surface area contributed by atoms with Gasteiger partial charge in [0.1, 0.15) is 4.90 Å². The number of hydrogen-bond donors (Lipinski definition) is 1. The van der Waals surface area contributed by atoms with Gasteiger partial charge in [-0.2, -0.15) is 5.26 Å². The van der Waals surface area contributed by atoms with Crippen molar-refractivity contribution in [3.05, 3.63) is 28.8 Å². The van der Waals surface area contributed by atoms with Crippen molar-refractivity contribution in [1.82, 2.24) is 4.72 Å². The van der Waals surface area contributed by atoms with E-state index >= 15 is 0 Å². The smallest absolute Gasteiger partial charge is 0.208 e. The zero-order valence-electron chi connectivity index (χ0n) is 12.1. The molecule has 3 unspecified atom stereocenters. The van der Waals surface area contributed by atoms with Gasteiger partial charge < -0.3 is 0 Å². The summed E-state index contributed by atoms with van der Waals surface area (Å²) in [6, 6.07) is 6.13. The van der Waals surface area contributed by atoms with Crippen LogP contribution in [0.4, 0.5) is 0 Å². The van der Waals surface area contributed by atoms with Crippen molar-refractivity contribution in [2.24, 2.45) is 11.8 Å². The Morgan fingerprint density at radius 3 is 2.71 bits per heavy atom. The molecule has 1 aromatic carbocycles. The molecular weight excluding hydrogens is 308 g/mol. The van der Waals surface area contributed by atoms with E-state index in [4.69, 9.17) is 16.9 Å². The molecule has 2 rings (SSSR count). The highest BCUT2D eigenvalue weighted by atomic mass is 35.5. The van der Waals surface area contributed by atoms with Gasteiger partial charge in [-0.05, 0) is 36.5 Å². The Hall–Kier alpha value is -1.09. The van der Waals surface area contributed by atoms with E-state index < -0.39 is 10.0 Å². The van der Waals surface area contributed by atoms with E-state index in [1.54, 1.807) is 0 Å². The molecule has 3 atom stereocenters. The molecule has 1 N–H and O–H groups in total. The Morgan fingerprint density at radius 2 is 2.05 bits per heavy atom. The predicted molar refractivity (Wildman–Crippen MR) is 82.5 cm³/mol. The molecule has 0 radical (unpaired) electrons. The minimum absolute atomic E-state index is 0.0198. The summed E-state index contributed by atoms with van der Waals surface area (Å²) in [6.45, 7) is 4.22. The molecule has 1 aliphatic rings. The Balaban J connectivity index is 2.28. The van der Waals surface area contributed by atoms with E-state index in [2.05, 4.69) is 18.6 Å². The SMILES string of the molecule is CC1CCCC(NS(=O)(=O)c2cc(C#N)ccc2Cl)C1C. The minimum Gasteiger partial charge on any atom is -0.208 e. The molecule has 0 aromatic heterocycles. The summed E-state index contributed by atoms with van der Waals surface area (Å²) >= 11 is 5.99. The monoisotopic (exact) mass is 326 g/mol. The molecule has 4 nitrogen and oxygen atoms in total. The number of rotatable bonds is 3. The van der Waals surface area contributed by atoms with Gasteiger partial charge in [-0.3, -0.25) is 0 Å². The van der Waals surface area contributed by atoms with Crippen LogP contribution < -0.4 is 4.72 Å². The Bertz CT molecular complexity index is 667. The zero-order valence-corrected chi connectivity index (χ0v) is 13.7. The first-order chi connectivity index (χ1) is 9.85. The van der Waals surface area contributed by atoms with Crippen LogP contribution >= 0.6 is 11.6 Å². The van der Waals surface area contributed by atoms with Gasteiger partial charge in [-0.1, -0.05) is 38.3 Å². The molecule has 21 heavy (non-hydrogen) atoms. The number of hydrogen-bond acceptors (Lipinski definition) is 3. The molecule has 1 aromatic rings. The molecule has 0 spiro atoms. The van der Waals surface area contributed by atoms with Crippen LogP contribution in [0.1, 0.15) is 38.7 Å². The van der Waals surface area contributed by atoms with Gasteiger partial charge in [-0.25, -0.2) is 13.1 Å². The first-order valence-corrected chi connectivity index (χ1v) is 8.93. The lowest BCUT2D eigenvalue weighted by atomic mass is 9.78. The average Bonchev–Trinajstić information content (AvgIpc) is 2.44. The fraction of sp³-hybridized carbons (Fsp3) is 0.533. The summed E-state index contributed by atoms with van der Waals surface area (Å²) in [5, 5.41) is 9.05. The van der Waals surface area contributed by atoms with E-state index in [1.165, 1.54) is 18.2 Å². The second-order valence-corrected chi connectivity index (χ2v) is 7.84. The first kappa shape index (κ1) is 16.3. The lowest BCUT2D eigenvalue weighted by Gasteiger charge is -2.34. The Kier molecular flexibility index (Phi) is 4.92. The van der Waals surface area contributed by atoms with Crippen LogP contribution in [0.25, 0.3) is 0 Å². The maximum Gasteiger partial charge on any atom is 0.242 e. The van der Waals surface area contributed by atoms with Gasteiger partial charge in [-0.15, -0.1) is 0 Å². The van der Waals surface area contributed by atoms with Gasteiger partial charge in [0.05, 0.1) is 16.7 Å². The third-order valence-electron chi connectivity index (χ3n) is 4.36. The van der Waals surface area contributed by atoms with Crippen LogP contribution in [0.5, 0.6) is 0 Å². The number of halogens is 1. The summed E-state index contributed by atoms with van der Waals surface area (Å²) in [5.41, 5.74) is 0.282. The summed E-state index contributed by atoms with van der Waals surface area (Å²) in [4.78, 5) is -0.0198. The maximum atomic E-state index is 12.5. The Labute approximate surface area is 131 Å². The van der Waals surface area contributed by atoms with Gasteiger partial charge >= 0.3 is 0 Å². The number of nitriles is 1. The third kappa shape index (κ3) is 3.57. The standard InChI is InChI=1S/C15H19ClN2O2S/c1-10-4-3-5-14(11(10)2)18-21(19,20)15-8-12(9-17)6-7-13(15)16/h6-8,10-11,14,18H,3-5H2,1-2H3. The van der Waals surface area contributed by atoms with Gasteiger partial charge in [0.15, 0.2) is 0 Å². The van der Waals surface area contributed by atoms with Crippen molar-refractivity contribution < 1.29 is 8.42 Å². The van der Waals surface area contributed by atoms with E-state index in [0.29, 0.717) is 5.92 Å². The normalized spacial score (nSPS) is 26.3. The molecule has 1 fully saturated rings. The summed E-state index contributed by atoms with van der Waals surface area (Å²) in [7, 11) is -3.71. The second-order valence-electron chi connectivity index (χ2n) is 5.75. The number of sulfonamides is 1. The van der Waals surface area contributed by atoms with Crippen LogP contribution in [0.2, 0.25) is 5.02 Å². The molecule has 0 aliphatic heterocycles. The molecule has 0 amide bonds. The summed E-state index contributed by atoms with van der Waals surface area (Å²) in [6.07, 6.45) is 2.98. The van der Waals surface area contributed by atoms with Gasteiger partial charge in [0.25, 0.3) is 0 Å². The summed E-state index contributed by atoms with van der Waals surface area (Å²) in [5.74, 6) is 0.777. The molecule has 0 heterocycles. The largest absolute Gasteiger partial charge is 0.242 e. The minimum atomic E-state index is -3.71. The first-order valence-electron chi connectivity index (χ1n) is 7.07. The molecule has 0 bridgehead atoms. The lowest BCUT2D eigenvalue weighted by Crippen LogP contribution is -2.43. The number of benzene rings is 1. The average molecular weight is 327 g/mol. The van der Waals surface area contributed by atoms with Crippen LogP contribution in [-0.4, -0.2) is 14.5 Å².